The summed E-state index contributed by atoms with van der Waals surface area (Å²) in [5.74, 6) is 0. The van der Waals surface area contributed by atoms with Gasteiger partial charge in [0.05, 0.1) is 31.6 Å². The summed E-state index contributed by atoms with van der Waals surface area (Å²) in [7, 11) is 0. The molecule has 3 heteroatoms. The van der Waals surface area contributed by atoms with Crippen molar-refractivity contribution in [3.63, 3.8) is 0 Å². The Morgan fingerprint density at radius 3 is 2.92 bits per heavy atom. The Bertz CT molecular complexity index is 309. The van der Waals surface area contributed by atoms with Crippen LogP contribution in [0.4, 0.5) is 0 Å². The third kappa shape index (κ3) is 1.48. The van der Waals surface area contributed by atoms with E-state index in [-0.39, 0.29) is 5.41 Å². The highest BCUT2D eigenvalue weighted by Crippen LogP contribution is 2.27. The summed E-state index contributed by atoms with van der Waals surface area (Å²) in [6.45, 7) is 9.02. The van der Waals surface area contributed by atoms with E-state index in [1.807, 2.05) is 6.20 Å². The first-order valence-electron chi connectivity index (χ1n) is 4.72. The van der Waals surface area contributed by atoms with Crippen LogP contribution in [0.5, 0.6) is 0 Å². The van der Waals surface area contributed by atoms with Crippen molar-refractivity contribution in [3.05, 3.63) is 17.5 Å². The van der Waals surface area contributed by atoms with E-state index >= 15 is 0 Å². The smallest absolute Gasteiger partial charge is 0.0888 e. The molecule has 0 aliphatic carbocycles. The molecule has 0 fully saturated rings. The van der Waals surface area contributed by atoms with Crippen LogP contribution in [0.1, 0.15) is 32.0 Å². The van der Waals surface area contributed by atoms with Gasteiger partial charge in [-0.1, -0.05) is 20.8 Å². The molecule has 0 radical (unpaired) electrons. The van der Waals surface area contributed by atoms with Gasteiger partial charge in [0.2, 0.25) is 0 Å². The molecule has 0 saturated heterocycles. The van der Waals surface area contributed by atoms with Gasteiger partial charge in [-0.25, -0.2) is 0 Å². The quantitative estimate of drug-likeness (QED) is 0.607. The van der Waals surface area contributed by atoms with Crippen LogP contribution in [0.2, 0.25) is 0 Å². The molecular formula is C10H16N2O. The lowest BCUT2D eigenvalue weighted by Gasteiger charge is -2.22. The van der Waals surface area contributed by atoms with E-state index in [1.54, 1.807) is 0 Å². The van der Waals surface area contributed by atoms with Crippen molar-refractivity contribution in [2.24, 2.45) is 0 Å². The molecule has 0 atom stereocenters. The standard InChI is InChI=1S/C10H16N2O/c1-10(2,3)8-6-11-12-4-5-13-7-9(8)12/h6H,4-5,7H2,1-3H3. The van der Waals surface area contributed by atoms with Crippen LogP contribution in [0.25, 0.3) is 0 Å². The number of nitrogens with zero attached hydrogens (tertiary/aromatic N) is 2. The van der Waals surface area contributed by atoms with Gasteiger partial charge in [0.1, 0.15) is 0 Å². The maximum absolute atomic E-state index is 5.43. The highest BCUT2D eigenvalue weighted by molar-refractivity contribution is 5.25. The molecule has 13 heavy (non-hydrogen) atoms. The minimum Gasteiger partial charge on any atom is -0.373 e. The topological polar surface area (TPSA) is 27.1 Å². The summed E-state index contributed by atoms with van der Waals surface area (Å²) < 4.78 is 7.49. The lowest BCUT2D eigenvalue weighted by Crippen LogP contribution is -2.21. The molecule has 3 nitrogen and oxygen atoms in total. The van der Waals surface area contributed by atoms with Crippen molar-refractivity contribution >= 4 is 0 Å². The number of ether oxygens (including phenoxy) is 1. The van der Waals surface area contributed by atoms with Crippen LogP contribution < -0.4 is 0 Å². The highest BCUT2D eigenvalue weighted by atomic mass is 16.5. The normalized spacial score (nSPS) is 17.2. The number of hydrogen-bond donors (Lipinski definition) is 0. The van der Waals surface area contributed by atoms with Crippen molar-refractivity contribution in [2.45, 2.75) is 39.3 Å². The molecule has 0 spiro atoms. The van der Waals surface area contributed by atoms with E-state index < -0.39 is 0 Å². The zero-order valence-electron chi connectivity index (χ0n) is 8.50. The van der Waals surface area contributed by atoms with Gasteiger partial charge in [-0.15, -0.1) is 0 Å². The maximum Gasteiger partial charge on any atom is 0.0888 e. The Kier molecular flexibility index (Phi) is 1.91. The fourth-order valence-electron chi connectivity index (χ4n) is 1.70. The minimum atomic E-state index is 0.175. The monoisotopic (exact) mass is 180 g/mol. The van der Waals surface area contributed by atoms with Gasteiger partial charge < -0.3 is 4.74 Å². The minimum absolute atomic E-state index is 0.175. The van der Waals surface area contributed by atoms with E-state index in [0.717, 1.165) is 13.2 Å². The first-order valence-corrected chi connectivity index (χ1v) is 4.72. The molecule has 0 bridgehead atoms. The Morgan fingerprint density at radius 2 is 2.23 bits per heavy atom. The third-order valence-corrected chi connectivity index (χ3v) is 2.44. The highest BCUT2D eigenvalue weighted by Gasteiger charge is 2.23. The summed E-state index contributed by atoms with van der Waals surface area (Å²) in [6, 6.07) is 0. The SMILES string of the molecule is CC(C)(C)c1cnn2c1COCC2. The van der Waals surface area contributed by atoms with Crippen molar-refractivity contribution in [1.82, 2.24) is 9.78 Å². The van der Waals surface area contributed by atoms with Crippen molar-refractivity contribution in [1.29, 1.82) is 0 Å². The molecule has 0 N–H and O–H groups in total. The second kappa shape index (κ2) is 2.84. The summed E-state index contributed by atoms with van der Waals surface area (Å²) in [5.41, 5.74) is 2.74. The zero-order chi connectivity index (χ0) is 9.47. The lowest BCUT2D eigenvalue weighted by molar-refractivity contribution is 0.0787. The molecule has 1 aromatic heterocycles. The Labute approximate surface area is 78.7 Å². The Hall–Kier alpha value is -0.830. The van der Waals surface area contributed by atoms with Crippen LogP contribution in [-0.4, -0.2) is 16.4 Å². The first-order chi connectivity index (χ1) is 6.09. The number of fused-ring (bicyclic) bond motifs is 1. The summed E-state index contributed by atoms with van der Waals surface area (Å²) >= 11 is 0. The second-order valence-corrected chi connectivity index (χ2v) is 4.53. The van der Waals surface area contributed by atoms with Gasteiger partial charge in [0.15, 0.2) is 0 Å². The zero-order valence-corrected chi connectivity index (χ0v) is 8.50. The molecule has 1 aromatic rings. The molecule has 2 heterocycles. The van der Waals surface area contributed by atoms with Crippen LogP contribution in [0.15, 0.2) is 6.20 Å². The summed E-state index contributed by atoms with van der Waals surface area (Å²) in [5, 5.41) is 4.36. The number of aromatic nitrogens is 2. The third-order valence-electron chi connectivity index (χ3n) is 2.44. The van der Waals surface area contributed by atoms with Gasteiger partial charge in [-0.3, -0.25) is 4.68 Å². The van der Waals surface area contributed by atoms with Gasteiger partial charge in [-0.2, -0.15) is 5.10 Å². The van der Waals surface area contributed by atoms with E-state index in [9.17, 15) is 0 Å². The molecule has 1 aliphatic heterocycles. The average molecular weight is 180 g/mol. The van der Waals surface area contributed by atoms with Crippen LogP contribution >= 0.6 is 0 Å². The molecule has 1 aliphatic rings. The van der Waals surface area contributed by atoms with Gasteiger partial charge in [-0.05, 0) is 5.41 Å². The van der Waals surface area contributed by atoms with E-state index in [2.05, 4.69) is 30.6 Å². The number of hydrogen-bond acceptors (Lipinski definition) is 2. The molecule has 0 aromatic carbocycles. The number of rotatable bonds is 0. The predicted octanol–water partition coefficient (Wildman–Crippen LogP) is 1.71. The molecule has 0 amide bonds. The predicted molar refractivity (Wildman–Crippen MR) is 50.6 cm³/mol. The van der Waals surface area contributed by atoms with E-state index in [4.69, 9.17) is 4.74 Å². The van der Waals surface area contributed by atoms with Crippen LogP contribution in [0.3, 0.4) is 0 Å². The maximum atomic E-state index is 5.43. The second-order valence-electron chi connectivity index (χ2n) is 4.53. The van der Waals surface area contributed by atoms with Gasteiger partial charge in [0.25, 0.3) is 0 Å². The largest absolute Gasteiger partial charge is 0.373 e. The van der Waals surface area contributed by atoms with Crippen LogP contribution in [-0.2, 0) is 23.3 Å². The van der Waals surface area contributed by atoms with Crippen molar-refractivity contribution in [3.8, 4) is 0 Å². The fourth-order valence-corrected chi connectivity index (χ4v) is 1.70. The first kappa shape index (κ1) is 8.75. The molecule has 2 rings (SSSR count). The van der Waals surface area contributed by atoms with E-state index in [0.29, 0.717) is 6.61 Å². The Balaban J connectivity index is 2.43. The lowest BCUT2D eigenvalue weighted by atomic mass is 9.87. The van der Waals surface area contributed by atoms with E-state index in [1.165, 1.54) is 11.3 Å². The summed E-state index contributed by atoms with van der Waals surface area (Å²) in [6.07, 6.45) is 1.98. The molecule has 0 unspecified atom stereocenters. The van der Waals surface area contributed by atoms with Crippen molar-refractivity contribution in [2.75, 3.05) is 6.61 Å². The average Bonchev–Trinajstić information content (AvgIpc) is 2.45. The molecule has 0 saturated carbocycles. The van der Waals surface area contributed by atoms with Gasteiger partial charge in [0, 0.05) is 5.56 Å². The molecular weight excluding hydrogens is 164 g/mol. The fraction of sp³-hybridized carbons (Fsp3) is 0.700. The molecule has 72 valence electrons. The van der Waals surface area contributed by atoms with Crippen molar-refractivity contribution < 1.29 is 4.74 Å². The Morgan fingerprint density at radius 1 is 1.46 bits per heavy atom. The van der Waals surface area contributed by atoms with Crippen LogP contribution in [0, 0.1) is 0 Å². The van der Waals surface area contributed by atoms with Gasteiger partial charge >= 0.3 is 0 Å². The summed E-state index contributed by atoms with van der Waals surface area (Å²) in [4.78, 5) is 0.